The van der Waals surface area contributed by atoms with Crippen molar-refractivity contribution >= 4 is 81.3 Å². The van der Waals surface area contributed by atoms with Crippen LogP contribution in [0, 0.1) is 0 Å². The summed E-state index contributed by atoms with van der Waals surface area (Å²) < 4.78 is 9.10. The standard InChI is InChI=1S/C46H29NOS/c1-2-11-30(12-3-1)35-14-6-8-18-41(35)47(34-26-28-39-38-16-7-9-20-43(38)49-44(39)29-34)33-24-21-32(22-25-33)36-17-10-19-42-45(36)40-27-23-31-13-4-5-15-37(31)46(40)48-42/h1-29H. The second-order valence-corrected chi connectivity index (χ2v) is 13.6. The number of hydrogen-bond donors (Lipinski definition) is 0. The number of fused-ring (bicyclic) bond motifs is 8. The molecule has 0 aliphatic carbocycles. The van der Waals surface area contributed by atoms with Gasteiger partial charge in [0.25, 0.3) is 0 Å². The minimum absolute atomic E-state index is 0.906. The van der Waals surface area contributed by atoms with Crippen LogP contribution < -0.4 is 4.90 Å². The minimum atomic E-state index is 0.906. The van der Waals surface area contributed by atoms with Crippen LogP contribution in [0.4, 0.5) is 17.1 Å². The van der Waals surface area contributed by atoms with E-state index >= 15 is 0 Å². The van der Waals surface area contributed by atoms with Gasteiger partial charge in [0.05, 0.1) is 5.69 Å². The molecule has 0 bridgehead atoms. The minimum Gasteiger partial charge on any atom is -0.455 e. The van der Waals surface area contributed by atoms with E-state index in [1.165, 1.54) is 42.2 Å². The molecule has 0 unspecified atom stereocenters. The average molecular weight is 644 g/mol. The highest BCUT2D eigenvalue weighted by molar-refractivity contribution is 7.25. The SMILES string of the molecule is c1ccc(-c2ccccc2N(c2ccc(-c3cccc4oc5c6ccccc6ccc5c34)cc2)c2ccc3c(c2)sc2ccccc23)cc1. The molecule has 0 radical (unpaired) electrons. The van der Waals surface area contributed by atoms with E-state index < -0.39 is 0 Å². The van der Waals surface area contributed by atoms with Gasteiger partial charge in [-0.25, -0.2) is 0 Å². The molecule has 0 aliphatic rings. The fraction of sp³-hybridized carbons (Fsp3) is 0. The third kappa shape index (κ3) is 4.55. The van der Waals surface area contributed by atoms with E-state index in [1.54, 1.807) is 0 Å². The normalized spacial score (nSPS) is 11.7. The van der Waals surface area contributed by atoms with Crippen molar-refractivity contribution in [1.82, 2.24) is 0 Å². The zero-order valence-electron chi connectivity index (χ0n) is 26.5. The number of hydrogen-bond acceptors (Lipinski definition) is 3. The van der Waals surface area contributed by atoms with E-state index in [0.29, 0.717) is 0 Å². The summed E-state index contributed by atoms with van der Waals surface area (Å²) in [5.74, 6) is 0. The summed E-state index contributed by atoms with van der Waals surface area (Å²) in [5, 5.41) is 7.22. The highest BCUT2D eigenvalue weighted by Gasteiger charge is 2.20. The third-order valence-corrected chi connectivity index (χ3v) is 10.8. The van der Waals surface area contributed by atoms with E-state index in [1.807, 2.05) is 11.3 Å². The molecule has 0 amide bonds. The zero-order chi connectivity index (χ0) is 32.3. The molecule has 0 atom stereocenters. The summed E-state index contributed by atoms with van der Waals surface area (Å²) in [5.41, 5.74) is 9.91. The lowest BCUT2D eigenvalue weighted by molar-refractivity contribution is 0.673. The van der Waals surface area contributed by atoms with Crippen molar-refractivity contribution in [3.8, 4) is 22.3 Å². The molecular formula is C46H29NOS. The van der Waals surface area contributed by atoms with E-state index in [4.69, 9.17) is 4.42 Å². The van der Waals surface area contributed by atoms with Crippen LogP contribution in [-0.4, -0.2) is 0 Å². The lowest BCUT2D eigenvalue weighted by Crippen LogP contribution is -2.11. The topological polar surface area (TPSA) is 16.4 Å². The molecule has 0 saturated heterocycles. The molecule has 230 valence electrons. The number of rotatable bonds is 5. The van der Waals surface area contributed by atoms with E-state index in [0.717, 1.165) is 50.0 Å². The van der Waals surface area contributed by atoms with Crippen molar-refractivity contribution in [2.45, 2.75) is 0 Å². The van der Waals surface area contributed by atoms with Gasteiger partial charge in [-0.15, -0.1) is 11.3 Å². The maximum atomic E-state index is 6.51. The summed E-state index contributed by atoms with van der Waals surface area (Å²) in [6.45, 7) is 0. The summed E-state index contributed by atoms with van der Waals surface area (Å²) in [4.78, 5) is 2.40. The monoisotopic (exact) mass is 643 g/mol. The van der Waals surface area contributed by atoms with Crippen LogP contribution >= 0.6 is 11.3 Å². The second-order valence-electron chi connectivity index (χ2n) is 12.5. The first-order valence-electron chi connectivity index (χ1n) is 16.6. The van der Waals surface area contributed by atoms with Crippen LogP contribution in [0.25, 0.3) is 75.1 Å². The number of furan rings is 1. The Labute approximate surface area is 287 Å². The zero-order valence-corrected chi connectivity index (χ0v) is 27.3. The number of thiophene rings is 1. The first kappa shape index (κ1) is 27.9. The lowest BCUT2D eigenvalue weighted by Gasteiger charge is -2.28. The summed E-state index contributed by atoms with van der Waals surface area (Å²) >= 11 is 1.85. The molecule has 0 fully saturated rings. The summed E-state index contributed by atoms with van der Waals surface area (Å²) in [6.07, 6.45) is 0. The fourth-order valence-electron chi connectivity index (χ4n) is 7.40. The molecule has 10 aromatic rings. The molecule has 2 heterocycles. The Morgan fingerprint density at radius 1 is 0.429 bits per heavy atom. The Kier molecular flexibility index (Phi) is 6.39. The van der Waals surface area contributed by atoms with Crippen molar-refractivity contribution in [3.05, 3.63) is 176 Å². The molecule has 0 saturated carbocycles. The largest absolute Gasteiger partial charge is 0.455 e. The quantitative estimate of drug-likeness (QED) is 0.186. The molecular weight excluding hydrogens is 615 g/mol. The molecule has 8 aromatic carbocycles. The molecule has 0 N–H and O–H groups in total. The van der Waals surface area contributed by atoms with Gasteiger partial charge in [0.2, 0.25) is 0 Å². The highest BCUT2D eigenvalue weighted by atomic mass is 32.1. The van der Waals surface area contributed by atoms with E-state index in [2.05, 4.69) is 181 Å². The Bertz CT molecular complexity index is 2830. The first-order chi connectivity index (χ1) is 24.3. The molecule has 2 nitrogen and oxygen atoms in total. The van der Waals surface area contributed by atoms with Crippen molar-refractivity contribution in [2.24, 2.45) is 0 Å². The Balaban J connectivity index is 1.15. The number of benzene rings is 8. The number of anilines is 3. The molecule has 2 aromatic heterocycles. The van der Waals surface area contributed by atoms with Gasteiger partial charge in [0.1, 0.15) is 11.2 Å². The maximum Gasteiger partial charge on any atom is 0.143 e. The number of para-hydroxylation sites is 1. The Morgan fingerprint density at radius 2 is 1.10 bits per heavy atom. The van der Waals surface area contributed by atoms with Crippen LogP contribution in [0.3, 0.4) is 0 Å². The van der Waals surface area contributed by atoms with Crippen molar-refractivity contribution in [1.29, 1.82) is 0 Å². The number of nitrogens with zero attached hydrogens (tertiary/aromatic N) is 1. The van der Waals surface area contributed by atoms with Crippen molar-refractivity contribution < 1.29 is 4.42 Å². The molecule has 0 spiro atoms. The predicted octanol–water partition coefficient (Wildman–Crippen LogP) is 13.9. The first-order valence-corrected chi connectivity index (χ1v) is 17.4. The molecule has 49 heavy (non-hydrogen) atoms. The van der Waals surface area contributed by atoms with Crippen LogP contribution in [0.1, 0.15) is 0 Å². The van der Waals surface area contributed by atoms with Crippen LogP contribution in [0.15, 0.2) is 180 Å². The highest BCUT2D eigenvalue weighted by Crippen LogP contribution is 2.45. The van der Waals surface area contributed by atoms with Gasteiger partial charge in [-0.05, 0) is 70.6 Å². The van der Waals surface area contributed by atoms with Crippen molar-refractivity contribution in [2.75, 3.05) is 4.90 Å². The summed E-state index contributed by atoms with van der Waals surface area (Å²) in [7, 11) is 0. The Morgan fingerprint density at radius 3 is 2.00 bits per heavy atom. The average Bonchev–Trinajstić information content (AvgIpc) is 3.74. The van der Waals surface area contributed by atoms with Crippen molar-refractivity contribution in [3.63, 3.8) is 0 Å². The van der Waals surface area contributed by atoms with Crippen LogP contribution in [0.2, 0.25) is 0 Å². The predicted molar refractivity (Wildman–Crippen MR) is 210 cm³/mol. The van der Waals surface area contributed by atoms with Gasteiger partial charge in [-0.2, -0.15) is 0 Å². The molecule has 10 rings (SSSR count). The molecule has 0 aliphatic heterocycles. The smallest absolute Gasteiger partial charge is 0.143 e. The van der Waals surface area contributed by atoms with E-state index in [9.17, 15) is 0 Å². The van der Waals surface area contributed by atoms with Gasteiger partial charge in [0.15, 0.2) is 0 Å². The lowest BCUT2D eigenvalue weighted by atomic mass is 9.97. The van der Waals surface area contributed by atoms with Crippen LogP contribution in [0.5, 0.6) is 0 Å². The van der Waals surface area contributed by atoms with Gasteiger partial charge in [0, 0.05) is 53.3 Å². The fourth-order valence-corrected chi connectivity index (χ4v) is 8.53. The third-order valence-electron chi connectivity index (χ3n) is 9.67. The van der Waals surface area contributed by atoms with Gasteiger partial charge in [-0.3, -0.25) is 0 Å². The summed E-state index contributed by atoms with van der Waals surface area (Å²) in [6, 6.07) is 63.2. The van der Waals surface area contributed by atoms with Gasteiger partial charge < -0.3 is 9.32 Å². The van der Waals surface area contributed by atoms with Gasteiger partial charge >= 0.3 is 0 Å². The maximum absolute atomic E-state index is 6.51. The molecule has 3 heteroatoms. The van der Waals surface area contributed by atoms with E-state index in [-0.39, 0.29) is 0 Å². The second kappa shape index (κ2) is 11.2. The van der Waals surface area contributed by atoms with Crippen LogP contribution in [-0.2, 0) is 0 Å². The van der Waals surface area contributed by atoms with Gasteiger partial charge in [-0.1, -0.05) is 127 Å². The Hall–Kier alpha value is -6.16.